The molecule has 1 N–H and O–H groups in total. The number of aromatic nitrogens is 1. The van der Waals surface area contributed by atoms with Gasteiger partial charge in [0.15, 0.2) is 6.29 Å². The second kappa shape index (κ2) is 7.73. The number of methoxy groups -OCH3 is 2. The lowest BCUT2D eigenvalue weighted by Gasteiger charge is -2.25. The Morgan fingerprint density at radius 3 is 2.69 bits per heavy atom. The third-order valence-corrected chi connectivity index (χ3v) is 3.16. The Labute approximate surface area is 101 Å². The summed E-state index contributed by atoms with van der Waals surface area (Å²) in [6.45, 7) is 3.11. The van der Waals surface area contributed by atoms with E-state index in [0.717, 1.165) is 19.4 Å². The normalized spacial score (nSPS) is 13.2. The highest BCUT2D eigenvalue weighted by Gasteiger charge is 2.20. The van der Waals surface area contributed by atoms with Crippen LogP contribution in [0.2, 0.25) is 0 Å². The van der Waals surface area contributed by atoms with Gasteiger partial charge in [-0.25, -0.2) is 0 Å². The van der Waals surface area contributed by atoms with Gasteiger partial charge in [-0.15, -0.1) is 11.3 Å². The van der Waals surface area contributed by atoms with E-state index in [1.165, 1.54) is 4.88 Å². The van der Waals surface area contributed by atoms with Crippen LogP contribution in [0.1, 0.15) is 18.2 Å². The largest absolute Gasteiger partial charge is 0.354 e. The third-order valence-electron chi connectivity index (χ3n) is 2.35. The average molecular weight is 244 g/mol. The molecule has 4 nitrogen and oxygen atoms in total. The predicted molar refractivity (Wildman–Crippen MR) is 65.7 cm³/mol. The van der Waals surface area contributed by atoms with Crippen molar-refractivity contribution in [3.05, 3.63) is 16.6 Å². The van der Waals surface area contributed by atoms with E-state index >= 15 is 0 Å². The summed E-state index contributed by atoms with van der Waals surface area (Å²) in [6.07, 6.45) is 3.66. The maximum absolute atomic E-state index is 5.31. The molecular weight excluding hydrogens is 224 g/mol. The van der Waals surface area contributed by atoms with E-state index in [9.17, 15) is 0 Å². The maximum Gasteiger partial charge on any atom is 0.172 e. The van der Waals surface area contributed by atoms with Gasteiger partial charge in [0.2, 0.25) is 0 Å². The Kier molecular flexibility index (Phi) is 6.56. The van der Waals surface area contributed by atoms with Crippen molar-refractivity contribution in [2.24, 2.45) is 0 Å². The first-order valence-corrected chi connectivity index (χ1v) is 6.36. The molecule has 0 saturated carbocycles. The molecule has 1 rings (SSSR count). The molecule has 1 heterocycles. The van der Waals surface area contributed by atoms with Gasteiger partial charge in [-0.1, -0.05) is 6.92 Å². The van der Waals surface area contributed by atoms with Gasteiger partial charge >= 0.3 is 0 Å². The van der Waals surface area contributed by atoms with Crippen molar-refractivity contribution < 1.29 is 9.47 Å². The van der Waals surface area contributed by atoms with Crippen molar-refractivity contribution in [1.29, 1.82) is 0 Å². The van der Waals surface area contributed by atoms with Crippen LogP contribution in [0.15, 0.2) is 11.7 Å². The summed E-state index contributed by atoms with van der Waals surface area (Å²) in [4.78, 5) is 5.32. The van der Waals surface area contributed by atoms with Crippen LogP contribution in [-0.2, 0) is 15.9 Å². The molecule has 0 aromatic carbocycles. The van der Waals surface area contributed by atoms with Crippen LogP contribution in [0.25, 0.3) is 0 Å². The summed E-state index contributed by atoms with van der Waals surface area (Å²) < 4.78 is 10.6. The highest BCUT2D eigenvalue weighted by molar-refractivity contribution is 7.09. The third kappa shape index (κ3) is 4.17. The molecule has 0 aliphatic heterocycles. The Morgan fingerprint density at radius 1 is 1.44 bits per heavy atom. The second-order valence-corrected chi connectivity index (χ2v) is 4.54. The SMILES string of the molecule is CCCNC(Cc1cncs1)C(OC)OC. The van der Waals surface area contributed by atoms with Crippen molar-refractivity contribution in [3.8, 4) is 0 Å². The van der Waals surface area contributed by atoms with E-state index in [2.05, 4.69) is 17.2 Å². The van der Waals surface area contributed by atoms with E-state index in [0.29, 0.717) is 0 Å². The van der Waals surface area contributed by atoms with Crippen LogP contribution >= 0.6 is 11.3 Å². The maximum atomic E-state index is 5.31. The van der Waals surface area contributed by atoms with Gasteiger partial charge in [0.05, 0.1) is 11.6 Å². The molecule has 0 aliphatic carbocycles. The predicted octanol–water partition coefficient (Wildman–Crippen LogP) is 1.67. The van der Waals surface area contributed by atoms with Gasteiger partial charge in [0, 0.05) is 31.7 Å². The van der Waals surface area contributed by atoms with Crippen LogP contribution in [0.5, 0.6) is 0 Å². The van der Waals surface area contributed by atoms with Crippen molar-refractivity contribution in [1.82, 2.24) is 10.3 Å². The zero-order valence-corrected chi connectivity index (χ0v) is 10.9. The zero-order chi connectivity index (χ0) is 11.8. The van der Waals surface area contributed by atoms with E-state index in [4.69, 9.17) is 9.47 Å². The molecule has 5 heteroatoms. The van der Waals surface area contributed by atoms with Crippen LogP contribution in [-0.4, -0.2) is 38.1 Å². The topological polar surface area (TPSA) is 43.4 Å². The number of nitrogens with zero attached hydrogens (tertiary/aromatic N) is 1. The minimum Gasteiger partial charge on any atom is -0.354 e. The Bertz CT molecular complexity index is 263. The Balaban J connectivity index is 2.55. The summed E-state index contributed by atoms with van der Waals surface area (Å²) in [7, 11) is 3.34. The standard InChI is InChI=1S/C11H20N2O2S/c1-4-5-13-10(11(14-2)15-3)6-9-7-12-8-16-9/h7-8,10-11,13H,4-6H2,1-3H3. The number of hydrogen-bond donors (Lipinski definition) is 1. The summed E-state index contributed by atoms with van der Waals surface area (Å²) in [6, 6.07) is 0.176. The van der Waals surface area contributed by atoms with Crippen LogP contribution in [0.4, 0.5) is 0 Å². The molecule has 1 aromatic heterocycles. The van der Waals surface area contributed by atoms with Crippen molar-refractivity contribution >= 4 is 11.3 Å². The summed E-state index contributed by atoms with van der Waals surface area (Å²) in [5.41, 5.74) is 1.85. The fraction of sp³-hybridized carbons (Fsp3) is 0.727. The summed E-state index contributed by atoms with van der Waals surface area (Å²) in [5.74, 6) is 0. The lowest BCUT2D eigenvalue weighted by atomic mass is 10.1. The molecule has 0 aliphatic rings. The molecule has 0 saturated heterocycles. The van der Waals surface area contributed by atoms with Crippen molar-refractivity contribution in [2.75, 3.05) is 20.8 Å². The fourth-order valence-electron chi connectivity index (χ4n) is 1.58. The van der Waals surface area contributed by atoms with E-state index in [1.807, 2.05) is 11.7 Å². The zero-order valence-electron chi connectivity index (χ0n) is 10.1. The van der Waals surface area contributed by atoms with E-state index in [1.54, 1.807) is 25.6 Å². The minimum absolute atomic E-state index is 0.176. The summed E-state index contributed by atoms with van der Waals surface area (Å²) >= 11 is 1.66. The fourth-order valence-corrected chi connectivity index (χ4v) is 2.23. The van der Waals surface area contributed by atoms with Gasteiger partial charge in [0.1, 0.15) is 0 Å². The quantitative estimate of drug-likeness (QED) is 0.707. The molecular formula is C11H20N2O2S. The van der Waals surface area contributed by atoms with E-state index in [-0.39, 0.29) is 12.3 Å². The molecule has 16 heavy (non-hydrogen) atoms. The summed E-state index contributed by atoms with van der Waals surface area (Å²) in [5, 5.41) is 3.44. The molecule has 0 radical (unpaired) electrons. The molecule has 0 fully saturated rings. The Morgan fingerprint density at radius 2 is 2.19 bits per heavy atom. The van der Waals surface area contributed by atoms with Crippen LogP contribution in [0, 0.1) is 0 Å². The Hall–Kier alpha value is -0.490. The first-order chi connectivity index (χ1) is 7.81. The number of nitrogens with one attached hydrogen (secondary N) is 1. The van der Waals surface area contributed by atoms with Crippen molar-refractivity contribution in [3.63, 3.8) is 0 Å². The second-order valence-electron chi connectivity index (χ2n) is 3.57. The number of hydrogen-bond acceptors (Lipinski definition) is 5. The van der Waals surface area contributed by atoms with Gasteiger partial charge < -0.3 is 14.8 Å². The first kappa shape index (κ1) is 13.6. The molecule has 0 amide bonds. The number of ether oxygens (including phenoxy) is 2. The van der Waals surface area contributed by atoms with Crippen LogP contribution < -0.4 is 5.32 Å². The van der Waals surface area contributed by atoms with Gasteiger partial charge in [0.25, 0.3) is 0 Å². The minimum atomic E-state index is -0.214. The smallest absolute Gasteiger partial charge is 0.172 e. The van der Waals surface area contributed by atoms with Crippen molar-refractivity contribution in [2.45, 2.75) is 32.1 Å². The van der Waals surface area contributed by atoms with Gasteiger partial charge in [-0.3, -0.25) is 4.98 Å². The average Bonchev–Trinajstić information content (AvgIpc) is 2.80. The lowest BCUT2D eigenvalue weighted by molar-refractivity contribution is -0.122. The van der Waals surface area contributed by atoms with Gasteiger partial charge in [-0.05, 0) is 13.0 Å². The first-order valence-electron chi connectivity index (χ1n) is 5.48. The molecule has 0 bridgehead atoms. The van der Waals surface area contributed by atoms with E-state index < -0.39 is 0 Å². The molecule has 1 atom stereocenters. The molecule has 1 unspecified atom stereocenters. The van der Waals surface area contributed by atoms with Crippen LogP contribution in [0.3, 0.4) is 0 Å². The number of thiazole rings is 1. The molecule has 92 valence electrons. The lowest BCUT2D eigenvalue weighted by Crippen LogP contribution is -2.43. The molecule has 1 aromatic rings. The monoisotopic (exact) mass is 244 g/mol. The van der Waals surface area contributed by atoms with Gasteiger partial charge in [-0.2, -0.15) is 0 Å². The highest BCUT2D eigenvalue weighted by Crippen LogP contribution is 2.12. The number of rotatable bonds is 8. The highest BCUT2D eigenvalue weighted by atomic mass is 32.1. The molecule has 0 spiro atoms.